The third-order valence-corrected chi connectivity index (χ3v) is 2.12. The maximum absolute atomic E-state index is 11.2. The first-order chi connectivity index (χ1) is 7.47. The average Bonchev–Trinajstić information content (AvgIpc) is 2.12. The van der Waals surface area contributed by atoms with Gasteiger partial charge in [0.05, 0.1) is 6.42 Å². The van der Waals surface area contributed by atoms with Crippen molar-refractivity contribution < 1.29 is 14.3 Å². The van der Waals surface area contributed by atoms with Crippen LogP contribution in [0.3, 0.4) is 0 Å². The molecule has 1 rings (SSSR count). The van der Waals surface area contributed by atoms with Gasteiger partial charge in [-0.1, -0.05) is 23.2 Å². The minimum atomic E-state index is -0.274. The van der Waals surface area contributed by atoms with Crippen molar-refractivity contribution in [3.63, 3.8) is 0 Å². The number of carbonyl (C=O) groups excluding carboxylic acids is 2. The van der Waals surface area contributed by atoms with Gasteiger partial charge >= 0.3 is 0 Å². The molecule has 0 fully saturated rings. The highest BCUT2D eigenvalue weighted by molar-refractivity contribution is 6.34. The van der Waals surface area contributed by atoms with Crippen molar-refractivity contribution in [2.45, 2.75) is 13.3 Å². The van der Waals surface area contributed by atoms with Crippen LogP contribution < -0.4 is 4.74 Å². The van der Waals surface area contributed by atoms with E-state index in [1.165, 1.54) is 6.92 Å². The van der Waals surface area contributed by atoms with Crippen molar-refractivity contribution in [3.05, 3.63) is 28.2 Å². The Balaban J connectivity index is 2.54. The van der Waals surface area contributed by atoms with E-state index in [2.05, 4.69) is 0 Å². The van der Waals surface area contributed by atoms with E-state index in [0.29, 0.717) is 15.8 Å². The largest absolute Gasteiger partial charge is 0.486 e. The van der Waals surface area contributed by atoms with E-state index in [-0.39, 0.29) is 24.6 Å². The minimum Gasteiger partial charge on any atom is -0.486 e. The Morgan fingerprint density at radius 3 is 2.25 bits per heavy atom. The first-order valence-electron chi connectivity index (χ1n) is 4.57. The van der Waals surface area contributed by atoms with Crippen LogP contribution >= 0.6 is 23.2 Å². The Morgan fingerprint density at radius 2 is 1.75 bits per heavy atom. The Labute approximate surface area is 103 Å². The zero-order valence-corrected chi connectivity index (χ0v) is 10.1. The van der Waals surface area contributed by atoms with Gasteiger partial charge in [-0.25, -0.2) is 0 Å². The number of Topliss-reactive ketones (excluding diaryl/α,β-unsaturated/α-hetero) is 2. The number of ketones is 2. The summed E-state index contributed by atoms with van der Waals surface area (Å²) in [5.41, 5.74) is 0. The van der Waals surface area contributed by atoms with Crippen LogP contribution in [0.5, 0.6) is 5.75 Å². The molecule has 1 aromatic rings. The number of hydrogen-bond acceptors (Lipinski definition) is 3. The topological polar surface area (TPSA) is 43.4 Å². The highest BCUT2D eigenvalue weighted by Crippen LogP contribution is 2.24. The quantitative estimate of drug-likeness (QED) is 0.765. The molecule has 5 heteroatoms. The fourth-order valence-corrected chi connectivity index (χ4v) is 1.61. The molecule has 86 valence electrons. The molecular weight excluding hydrogens is 251 g/mol. The summed E-state index contributed by atoms with van der Waals surface area (Å²) in [4.78, 5) is 21.8. The van der Waals surface area contributed by atoms with Gasteiger partial charge in [-0.05, 0) is 25.1 Å². The lowest BCUT2D eigenvalue weighted by Gasteiger charge is -2.05. The van der Waals surface area contributed by atoms with Gasteiger partial charge < -0.3 is 4.74 Å². The molecule has 1 aromatic carbocycles. The van der Waals surface area contributed by atoms with Crippen LogP contribution in [0.25, 0.3) is 0 Å². The maximum Gasteiger partial charge on any atom is 0.177 e. The molecule has 0 saturated carbocycles. The molecule has 0 amide bonds. The molecule has 0 spiro atoms. The van der Waals surface area contributed by atoms with Crippen molar-refractivity contribution in [1.29, 1.82) is 0 Å². The third kappa shape index (κ3) is 4.64. The maximum atomic E-state index is 11.2. The summed E-state index contributed by atoms with van der Waals surface area (Å²) in [5.74, 6) is -0.0456. The number of carbonyl (C=O) groups is 2. The summed E-state index contributed by atoms with van der Waals surface area (Å²) in [6.45, 7) is 1.20. The first kappa shape index (κ1) is 13.0. The van der Waals surface area contributed by atoms with Gasteiger partial charge in [0.1, 0.15) is 18.1 Å². The SMILES string of the molecule is CC(=O)CC(=O)COc1cc(Cl)cc(Cl)c1. The van der Waals surface area contributed by atoms with Crippen LogP contribution in [-0.4, -0.2) is 18.2 Å². The summed E-state index contributed by atoms with van der Waals surface area (Å²) in [7, 11) is 0. The van der Waals surface area contributed by atoms with E-state index in [1.807, 2.05) is 0 Å². The molecule has 0 bridgehead atoms. The smallest absolute Gasteiger partial charge is 0.177 e. The van der Waals surface area contributed by atoms with Crippen molar-refractivity contribution >= 4 is 34.8 Å². The first-order valence-corrected chi connectivity index (χ1v) is 5.33. The van der Waals surface area contributed by atoms with Crippen LogP contribution in [0.2, 0.25) is 10.0 Å². The molecule has 0 aliphatic rings. The molecule has 0 atom stereocenters. The van der Waals surface area contributed by atoms with Crippen LogP contribution in [-0.2, 0) is 9.59 Å². The average molecular weight is 261 g/mol. The second-order valence-corrected chi connectivity index (χ2v) is 4.18. The standard InChI is InChI=1S/C11H10Cl2O3/c1-7(14)2-10(15)6-16-11-4-8(12)3-9(13)5-11/h3-5H,2,6H2,1H3. The van der Waals surface area contributed by atoms with Gasteiger partial charge in [0.25, 0.3) is 0 Å². The summed E-state index contributed by atoms with van der Waals surface area (Å²) in [5, 5.41) is 0.864. The third-order valence-electron chi connectivity index (χ3n) is 1.68. The Bertz CT molecular complexity index is 395. The summed E-state index contributed by atoms with van der Waals surface area (Å²) in [6.07, 6.45) is -0.117. The van der Waals surface area contributed by atoms with E-state index in [4.69, 9.17) is 27.9 Å². The second-order valence-electron chi connectivity index (χ2n) is 3.31. The predicted molar refractivity (Wildman–Crippen MR) is 62.3 cm³/mol. The predicted octanol–water partition coefficient (Wildman–Crippen LogP) is 2.92. The summed E-state index contributed by atoms with van der Waals surface area (Å²) < 4.78 is 5.16. The fourth-order valence-electron chi connectivity index (χ4n) is 1.10. The van der Waals surface area contributed by atoms with Crippen LogP contribution in [0, 0.1) is 0 Å². The van der Waals surface area contributed by atoms with Gasteiger partial charge in [-0.3, -0.25) is 9.59 Å². The van der Waals surface area contributed by atoms with Crippen LogP contribution in [0.4, 0.5) is 0 Å². The molecule has 3 nitrogen and oxygen atoms in total. The van der Waals surface area contributed by atoms with Crippen LogP contribution in [0.1, 0.15) is 13.3 Å². The number of halogens is 2. The Morgan fingerprint density at radius 1 is 1.19 bits per heavy atom. The number of rotatable bonds is 5. The van der Waals surface area contributed by atoms with E-state index < -0.39 is 0 Å². The van der Waals surface area contributed by atoms with E-state index in [0.717, 1.165) is 0 Å². The lowest BCUT2D eigenvalue weighted by atomic mass is 10.2. The van der Waals surface area contributed by atoms with Gasteiger partial charge in [0.2, 0.25) is 0 Å². The summed E-state index contributed by atoms with van der Waals surface area (Å²) in [6, 6.07) is 4.66. The van der Waals surface area contributed by atoms with Crippen molar-refractivity contribution in [2.24, 2.45) is 0 Å². The van der Waals surface area contributed by atoms with Gasteiger partial charge in [0, 0.05) is 10.0 Å². The molecule has 0 aromatic heterocycles. The number of ether oxygens (including phenoxy) is 1. The number of hydrogen-bond donors (Lipinski definition) is 0. The molecule has 16 heavy (non-hydrogen) atoms. The molecule has 0 radical (unpaired) electrons. The fraction of sp³-hybridized carbons (Fsp3) is 0.273. The second kappa shape index (κ2) is 5.87. The van der Waals surface area contributed by atoms with E-state index in [1.54, 1.807) is 18.2 Å². The van der Waals surface area contributed by atoms with E-state index >= 15 is 0 Å². The van der Waals surface area contributed by atoms with Crippen molar-refractivity contribution in [1.82, 2.24) is 0 Å². The van der Waals surface area contributed by atoms with E-state index in [9.17, 15) is 9.59 Å². The lowest BCUT2D eigenvalue weighted by molar-refractivity contribution is -0.127. The highest BCUT2D eigenvalue weighted by Gasteiger charge is 2.07. The molecule has 0 unspecified atom stereocenters. The zero-order chi connectivity index (χ0) is 12.1. The van der Waals surface area contributed by atoms with Gasteiger partial charge in [-0.15, -0.1) is 0 Å². The molecule has 0 N–H and O–H groups in total. The van der Waals surface area contributed by atoms with Crippen LogP contribution in [0.15, 0.2) is 18.2 Å². The minimum absolute atomic E-state index is 0.117. The zero-order valence-electron chi connectivity index (χ0n) is 8.63. The molecule has 0 aliphatic carbocycles. The molecular formula is C11H10Cl2O3. The highest BCUT2D eigenvalue weighted by atomic mass is 35.5. The lowest BCUT2D eigenvalue weighted by Crippen LogP contribution is -2.14. The molecule has 0 aliphatic heterocycles. The molecule has 0 saturated heterocycles. The Kier molecular flexibility index (Phi) is 4.77. The monoisotopic (exact) mass is 260 g/mol. The van der Waals surface area contributed by atoms with Crippen molar-refractivity contribution in [3.8, 4) is 5.75 Å². The normalized spacial score (nSPS) is 9.94. The summed E-state index contributed by atoms with van der Waals surface area (Å²) >= 11 is 11.5. The van der Waals surface area contributed by atoms with Crippen molar-refractivity contribution in [2.75, 3.05) is 6.61 Å². The number of benzene rings is 1. The van der Waals surface area contributed by atoms with Gasteiger partial charge in [-0.2, -0.15) is 0 Å². The Hall–Kier alpha value is -1.06. The van der Waals surface area contributed by atoms with Gasteiger partial charge in [0.15, 0.2) is 5.78 Å². The molecule has 0 heterocycles.